The molecule has 0 spiro atoms. The highest BCUT2D eigenvalue weighted by atomic mass is 35.5. The lowest BCUT2D eigenvalue weighted by atomic mass is 10.2. The molecule has 0 aliphatic heterocycles. The van der Waals surface area contributed by atoms with Gasteiger partial charge in [0, 0.05) is 23.9 Å². The van der Waals surface area contributed by atoms with Gasteiger partial charge in [-0.25, -0.2) is 4.98 Å². The van der Waals surface area contributed by atoms with Crippen molar-refractivity contribution in [1.82, 2.24) is 10.3 Å². The number of halogens is 5. The molecule has 0 radical (unpaired) electrons. The van der Waals surface area contributed by atoms with Crippen molar-refractivity contribution in [3.63, 3.8) is 0 Å². The molecule has 2 N–H and O–H groups in total. The van der Waals surface area contributed by atoms with Gasteiger partial charge in [-0.2, -0.15) is 0 Å². The van der Waals surface area contributed by atoms with Crippen LogP contribution in [-0.4, -0.2) is 22.4 Å². The number of nitrogens with zero attached hydrogens (tertiary/aromatic N) is 1. The summed E-state index contributed by atoms with van der Waals surface area (Å²) in [5.74, 6) is -1.08. The van der Waals surface area contributed by atoms with Crippen LogP contribution in [0.4, 0.5) is 13.2 Å². The normalized spacial score (nSPS) is 14.7. The molecule has 0 saturated heterocycles. The zero-order valence-electron chi connectivity index (χ0n) is 15.0. The third kappa shape index (κ3) is 5.78. The van der Waals surface area contributed by atoms with E-state index in [1.165, 1.54) is 41.0 Å². The van der Waals surface area contributed by atoms with Gasteiger partial charge in [0.25, 0.3) is 5.91 Å². The lowest BCUT2D eigenvalue weighted by molar-refractivity contribution is -0.274. The van der Waals surface area contributed by atoms with Gasteiger partial charge in [-0.05, 0) is 23.8 Å². The Balaban J connectivity index is 1.66. The number of amides is 1. The predicted octanol–water partition coefficient (Wildman–Crippen LogP) is 5.89. The number of aliphatic hydroxyl groups is 1. The SMILES string of the molecule is O=C(NCc1cccc(OC(F)(F)F)c1)c1csc(C2=CCC(Cl)=C(O)C(Cl)=C2)n1. The van der Waals surface area contributed by atoms with Crippen LogP contribution in [0.5, 0.6) is 5.75 Å². The van der Waals surface area contributed by atoms with Crippen molar-refractivity contribution < 1.29 is 27.8 Å². The van der Waals surface area contributed by atoms with E-state index in [9.17, 15) is 23.1 Å². The van der Waals surface area contributed by atoms with E-state index in [0.29, 0.717) is 16.1 Å². The maximum atomic E-state index is 12.4. The predicted molar refractivity (Wildman–Crippen MR) is 108 cm³/mol. The Bertz CT molecular complexity index is 1060. The van der Waals surface area contributed by atoms with E-state index >= 15 is 0 Å². The number of ether oxygens (including phenoxy) is 1. The molecule has 1 aliphatic carbocycles. The largest absolute Gasteiger partial charge is 0.573 e. The minimum atomic E-state index is -4.79. The lowest BCUT2D eigenvalue weighted by Gasteiger charge is -2.10. The Morgan fingerprint density at radius 3 is 2.83 bits per heavy atom. The zero-order valence-corrected chi connectivity index (χ0v) is 17.3. The molecule has 0 bridgehead atoms. The van der Waals surface area contributed by atoms with Gasteiger partial charge < -0.3 is 15.2 Å². The molecule has 1 heterocycles. The van der Waals surface area contributed by atoms with Gasteiger partial charge in [-0.1, -0.05) is 41.4 Å². The van der Waals surface area contributed by atoms with E-state index in [2.05, 4.69) is 15.0 Å². The van der Waals surface area contributed by atoms with E-state index in [1.807, 2.05) is 0 Å². The van der Waals surface area contributed by atoms with Crippen molar-refractivity contribution in [2.75, 3.05) is 0 Å². The summed E-state index contributed by atoms with van der Waals surface area (Å²) < 4.78 is 40.8. The van der Waals surface area contributed by atoms with E-state index in [0.717, 1.165) is 0 Å². The average Bonchev–Trinajstić information content (AvgIpc) is 3.13. The number of alkyl halides is 3. The molecule has 1 aromatic carbocycles. The summed E-state index contributed by atoms with van der Waals surface area (Å²) in [6.45, 7) is -0.0113. The average molecular weight is 477 g/mol. The summed E-state index contributed by atoms with van der Waals surface area (Å²) in [6, 6.07) is 5.31. The quantitative estimate of drug-likeness (QED) is 0.564. The summed E-state index contributed by atoms with van der Waals surface area (Å²) in [7, 11) is 0. The number of rotatable bonds is 5. The third-order valence-electron chi connectivity index (χ3n) is 3.84. The Labute approximate surface area is 183 Å². The molecule has 5 nitrogen and oxygen atoms in total. The smallest absolute Gasteiger partial charge is 0.505 e. The summed E-state index contributed by atoms with van der Waals surface area (Å²) in [4.78, 5) is 16.6. The van der Waals surface area contributed by atoms with Gasteiger partial charge in [-0.15, -0.1) is 24.5 Å². The van der Waals surface area contributed by atoms with Gasteiger partial charge in [0.15, 0.2) is 0 Å². The molecule has 3 rings (SSSR count). The minimum absolute atomic E-state index is 0.0113. The van der Waals surface area contributed by atoms with Crippen LogP contribution in [0.3, 0.4) is 0 Å². The van der Waals surface area contributed by atoms with Crippen LogP contribution in [0, 0.1) is 0 Å². The fourth-order valence-electron chi connectivity index (χ4n) is 2.47. The van der Waals surface area contributed by atoms with Crippen LogP contribution >= 0.6 is 34.5 Å². The van der Waals surface area contributed by atoms with Crippen molar-refractivity contribution >= 4 is 46.0 Å². The molecule has 0 saturated carbocycles. The first-order valence-corrected chi connectivity index (χ1v) is 10.00. The maximum Gasteiger partial charge on any atom is 0.573 e. The number of thiazole rings is 1. The van der Waals surface area contributed by atoms with Crippen molar-refractivity contribution in [3.05, 3.63) is 73.9 Å². The molecule has 1 aliphatic rings. The summed E-state index contributed by atoms with van der Waals surface area (Å²) >= 11 is 13.1. The highest BCUT2D eigenvalue weighted by Crippen LogP contribution is 2.32. The Morgan fingerprint density at radius 2 is 2.10 bits per heavy atom. The standard InChI is InChI=1S/C19H13Cl2F3N2O3S/c20-13-5-4-11(7-14(21)16(13)27)18-26-15(9-30-18)17(28)25-8-10-2-1-3-12(6-10)29-19(22,23)24/h1-4,6-7,9,27H,5,8H2,(H,25,28). The number of benzene rings is 1. The Kier molecular flexibility index (Phi) is 6.74. The van der Waals surface area contributed by atoms with Gasteiger partial charge in [-0.3, -0.25) is 4.79 Å². The number of carbonyl (C=O) groups excluding carboxylic acids is 1. The molecule has 158 valence electrons. The van der Waals surface area contributed by atoms with Crippen LogP contribution in [0.2, 0.25) is 0 Å². The second kappa shape index (κ2) is 9.11. The Hall–Kier alpha value is -2.49. The number of aliphatic hydroxyl groups excluding tert-OH is 1. The van der Waals surface area contributed by atoms with Crippen LogP contribution < -0.4 is 10.1 Å². The summed E-state index contributed by atoms with van der Waals surface area (Å²) in [6.07, 6.45) is -1.31. The molecule has 0 fully saturated rings. The first-order chi connectivity index (χ1) is 14.1. The molecular formula is C19H13Cl2F3N2O3S. The molecule has 1 aromatic heterocycles. The molecule has 1 amide bonds. The van der Waals surface area contributed by atoms with Gasteiger partial charge >= 0.3 is 6.36 Å². The van der Waals surface area contributed by atoms with Crippen molar-refractivity contribution in [2.45, 2.75) is 19.3 Å². The van der Waals surface area contributed by atoms with Crippen molar-refractivity contribution in [3.8, 4) is 5.75 Å². The van der Waals surface area contributed by atoms with Gasteiger partial charge in [0.05, 0.1) is 10.1 Å². The second-order valence-electron chi connectivity index (χ2n) is 6.03. The fourth-order valence-corrected chi connectivity index (χ4v) is 3.75. The third-order valence-corrected chi connectivity index (χ3v) is 5.35. The summed E-state index contributed by atoms with van der Waals surface area (Å²) in [5.41, 5.74) is 1.16. The van der Waals surface area contributed by atoms with Gasteiger partial charge in [0.2, 0.25) is 0 Å². The van der Waals surface area contributed by atoms with E-state index in [4.69, 9.17) is 23.2 Å². The van der Waals surface area contributed by atoms with E-state index < -0.39 is 12.3 Å². The number of hydrogen-bond donors (Lipinski definition) is 2. The highest BCUT2D eigenvalue weighted by molar-refractivity contribution is 7.11. The zero-order chi connectivity index (χ0) is 21.9. The fraction of sp³-hybridized carbons (Fsp3) is 0.158. The molecule has 0 atom stereocenters. The number of nitrogens with one attached hydrogen (secondary N) is 1. The second-order valence-corrected chi connectivity index (χ2v) is 7.75. The van der Waals surface area contributed by atoms with Crippen molar-refractivity contribution in [2.24, 2.45) is 0 Å². The number of carbonyl (C=O) groups is 1. The number of hydrogen-bond acceptors (Lipinski definition) is 5. The summed E-state index contributed by atoms with van der Waals surface area (Å²) in [5, 5.41) is 14.7. The Morgan fingerprint density at radius 1 is 1.33 bits per heavy atom. The monoisotopic (exact) mass is 476 g/mol. The molecule has 30 heavy (non-hydrogen) atoms. The van der Waals surface area contributed by atoms with E-state index in [1.54, 1.807) is 12.1 Å². The van der Waals surface area contributed by atoms with Gasteiger partial charge in [0.1, 0.15) is 22.2 Å². The van der Waals surface area contributed by atoms with E-state index in [-0.39, 0.29) is 40.2 Å². The number of aromatic nitrogens is 1. The first kappa shape index (κ1) is 22.2. The molecule has 0 unspecified atom stereocenters. The topological polar surface area (TPSA) is 71.5 Å². The lowest BCUT2D eigenvalue weighted by Crippen LogP contribution is -2.23. The van der Waals surface area contributed by atoms with Crippen LogP contribution in [0.15, 0.2) is 57.6 Å². The number of allylic oxidation sites excluding steroid dienone is 5. The maximum absolute atomic E-state index is 12.4. The molecule has 11 heteroatoms. The molecule has 2 aromatic rings. The van der Waals surface area contributed by atoms with Crippen LogP contribution in [0.25, 0.3) is 5.57 Å². The highest BCUT2D eigenvalue weighted by Gasteiger charge is 2.31. The molecular weight excluding hydrogens is 464 g/mol. The van der Waals surface area contributed by atoms with Crippen LogP contribution in [-0.2, 0) is 6.54 Å². The van der Waals surface area contributed by atoms with Crippen molar-refractivity contribution in [1.29, 1.82) is 0 Å². The minimum Gasteiger partial charge on any atom is -0.505 e. The van der Waals surface area contributed by atoms with Crippen LogP contribution in [0.1, 0.15) is 27.5 Å². The first-order valence-electron chi connectivity index (χ1n) is 8.36.